The van der Waals surface area contributed by atoms with Gasteiger partial charge in [-0.15, -0.1) is 0 Å². The van der Waals surface area contributed by atoms with Crippen LogP contribution >= 0.6 is 0 Å². The summed E-state index contributed by atoms with van der Waals surface area (Å²) in [4.78, 5) is 0. The minimum Gasteiger partial charge on any atom is -0.402 e. The van der Waals surface area contributed by atoms with Gasteiger partial charge in [-0.3, -0.25) is 0 Å². The maximum Gasteiger partial charge on any atom is 0.633 e. The van der Waals surface area contributed by atoms with Crippen LogP contribution in [-0.4, -0.2) is 24.0 Å². The van der Waals surface area contributed by atoms with E-state index in [4.69, 9.17) is 14.7 Å². The molecule has 182 valence electrons. The first-order valence-corrected chi connectivity index (χ1v) is 11.9. The topological polar surface area (TPSA) is 84.7 Å². The Bertz CT molecular complexity index is 687. The lowest BCUT2D eigenvalue weighted by atomic mass is 9.67. The molecule has 33 heavy (non-hydrogen) atoms. The Labute approximate surface area is 202 Å². The third-order valence-corrected chi connectivity index (χ3v) is 4.76. The Kier molecular flexibility index (Phi) is 20.0. The summed E-state index contributed by atoms with van der Waals surface area (Å²) >= 11 is 0. The van der Waals surface area contributed by atoms with Gasteiger partial charge in [0.15, 0.2) is 0 Å². The van der Waals surface area contributed by atoms with Crippen molar-refractivity contribution in [3.63, 3.8) is 0 Å². The van der Waals surface area contributed by atoms with E-state index in [9.17, 15) is 0 Å². The quantitative estimate of drug-likeness (QED) is 0.194. The van der Waals surface area contributed by atoms with Crippen LogP contribution in [0.2, 0.25) is 0 Å². The van der Waals surface area contributed by atoms with Crippen LogP contribution < -0.4 is 6.15 Å². The molecule has 0 atom stereocenters. The van der Waals surface area contributed by atoms with Crippen LogP contribution in [0.15, 0.2) is 91.0 Å². The van der Waals surface area contributed by atoms with Gasteiger partial charge in [-0.1, -0.05) is 133 Å². The molecule has 0 aromatic heterocycles. The molecule has 5 N–H and O–H groups in total. The first-order chi connectivity index (χ1) is 15.7. The molecule has 0 spiro atoms. The average Bonchev–Trinajstić information content (AvgIpc) is 2.89. The van der Waals surface area contributed by atoms with Gasteiger partial charge < -0.3 is 20.9 Å². The third-order valence-electron chi connectivity index (χ3n) is 4.76. The lowest BCUT2D eigenvalue weighted by molar-refractivity contribution is 0.179. The van der Waals surface area contributed by atoms with Gasteiger partial charge in [0.1, 0.15) is 0 Å². The molecule has 0 fully saturated rings. The van der Waals surface area contributed by atoms with Crippen molar-refractivity contribution < 1.29 is 14.7 Å². The molecule has 0 saturated heterocycles. The van der Waals surface area contributed by atoms with E-state index in [1.165, 1.54) is 16.7 Å². The van der Waals surface area contributed by atoms with Crippen molar-refractivity contribution in [3.05, 3.63) is 108 Å². The van der Waals surface area contributed by atoms with Crippen molar-refractivity contribution in [3.8, 4) is 0 Å². The van der Waals surface area contributed by atoms with E-state index >= 15 is 0 Å². The Morgan fingerprint density at radius 1 is 0.606 bits per heavy atom. The lowest BCUT2D eigenvalue weighted by Crippen LogP contribution is -2.30. The molecule has 0 aliphatic rings. The monoisotopic (exact) mass is 453 g/mol. The second-order valence-corrected chi connectivity index (χ2v) is 6.30. The fourth-order valence-corrected chi connectivity index (χ4v) is 3.63. The Hall–Kier alpha value is -2.44. The Morgan fingerprint density at radius 2 is 0.909 bits per heavy atom. The van der Waals surface area contributed by atoms with E-state index in [0.717, 1.165) is 6.42 Å². The summed E-state index contributed by atoms with van der Waals surface area (Å²) in [5.74, 6) is 0. The number of rotatable bonds is 8. The van der Waals surface area contributed by atoms with Gasteiger partial charge in [-0.2, -0.15) is 0 Å². The summed E-state index contributed by atoms with van der Waals surface area (Å²) in [6.45, 7) is 12.3. The van der Waals surface area contributed by atoms with Gasteiger partial charge in [0.25, 0.3) is 0 Å². The fourth-order valence-electron chi connectivity index (χ4n) is 3.63. The van der Waals surface area contributed by atoms with E-state index in [-0.39, 0.29) is 18.2 Å². The molecule has 0 saturated carbocycles. The highest BCUT2D eigenvalue weighted by molar-refractivity contribution is 6.32. The van der Waals surface area contributed by atoms with E-state index in [1.807, 2.05) is 59.7 Å². The molecule has 0 aliphatic carbocycles. The van der Waals surface area contributed by atoms with Crippen LogP contribution in [0, 0.1) is 0 Å². The van der Waals surface area contributed by atoms with Gasteiger partial charge in [0.05, 0.1) is 0 Å². The minimum atomic E-state index is -1.73. The molecule has 3 rings (SSSR count). The first kappa shape index (κ1) is 32.7. The second kappa shape index (κ2) is 20.2. The zero-order chi connectivity index (χ0) is 24.2. The van der Waals surface area contributed by atoms with Gasteiger partial charge in [-0.25, -0.2) is 0 Å². The smallest absolute Gasteiger partial charge is 0.402 e. The van der Waals surface area contributed by atoms with E-state index in [0.29, 0.717) is 6.42 Å². The zero-order valence-corrected chi connectivity index (χ0v) is 21.4. The summed E-state index contributed by atoms with van der Waals surface area (Å²) in [5.41, 5.74) is 3.30. The molecule has 0 aliphatic heterocycles. The zero-order valence-electron chi connectivity index (χ0n) is 21.4. The largest absolute Gasteiger partial charge is 0.633 e. The predicted molar refractivity (Wildman–Crippen MR) is 144 cm³/mol. The third kappa shape index (κ3) is 9.93. The van der Waals surface area contributed by atoms with Crippen molar-refractivity contribution in [2.24, 2.45) is 0 Å². The minimum absolute atomic E-state index is 0. The normalized spacial score (nSPS) is 9.45. The van der Waals surface area contributed by atoms with Crippen LogP contribution in [0.5, 0.6) is 0 Å². The second-order valence-electron chi connectivity index (χ2n) is 6.30. The average molecular weight is 453 g/mol. The lowest BCUT2D eigenvalue weighted by Gasteiger charge is -2.36. The highest BCUT2D eigenvalue weighted by Crippen LogP contribution is 2.42. The molecule has 5 heteroatoms. The van der Waals surface area contributed by atoms with Crippen molar-refractivity contribution in [1.29, 1.82) is 0 Å². The molecule has 0 amide bonds. The fraction of sp³-hybridized carbons (Fsp3) is 0.357. The maximum absolute atomic E-state index is 8.97. The Balaban J connectivity index is 0. The maximum atomic E-state index is 8.97. The summed E-state index contributed by atoms with van der Waals surface area (Å²) in [5, 5.41) is 17.9. The van der Waals surface area contributed by atoms with Crippen molar-refractivity contribution in [2.75, 3.05) is 6.61 Å². The van der Waals surface area contributed by atoms with Gasteiger partial charge in [0.2, 0.25) is 0 Å². The van der Waals surface area contributed by atoms with E-state index in [2.05, 4.69) is 72.8 Å². The van der Waals surface area contributed by atoms with Crippen LogP contribution in [-0.2, 0) is 10.1 Å². The molecule has 3 aromatic carbocycles. The molecular weight excluding hydrogens is 409 g/mol. The molecule has 0 unspecified atom stereocenters. The van der Waals surface area contributed by atoms with Crippen LogP contribution in [0.4, 0.5) is 0 Å². The number of hydrogen-bond acceptors (Lipinski definition) is 4. The van der Waals surface area contributed by atoms with Crippen LogP contribution in [0.1, 0.15) is 71.1 Å². The molecule has 0 radical (unpaired) electrons. The summed E-state index contributed by atoms with van der Waals surface area (Å²) in [6.07, 6.45) is 1.48. The molecule has 0 bridgehead atoms. The molecule has 4 nitrogen and oxygen atoms in total. The van der Waals surface area contributed by atoms with Crippen molar-refractivity contribution in [2.45, 2.75) is 59.8 Å². The van der Waals surface area contributed by atoms with Crippen molar-refractivity contribution in [1.82, 2.24) is 6.15 Å². The summed E-state index contributed by atoms with van der Waals surface area (Å²) < 4.78 is 4.96. The SMILES string of the molecule is CC.CC.CC.N.OB(O)OCCCC(c1ccccc1)(c1ccccc1)c1ccccc1. The predicted octanol–water partition coefficient (Wildman–Crippen LogP) is 7.03. The van der Waals surface area contributed by atoms with E-state index < -0.39 is 7.32 Å². The summed E-state index contributed by atoms with van der Waals surface area (Å²) in [6, 6.07) is 31.4. The number of benzene rings is 3. The standard InChI is InChI=1S/C22H23BO3.3C2H6.H3N/c24-23(25)26-18-10-17-22(19-11-4-1-5-12-19,20-13-6-2-7-14-20)21-15-8-3-9-16-21;3*1-2;/h1-9,11-16,24-25H,10,17-18H2;3*1-2H3;1H3. The highest BCUT2D eigenvalue weighted by atomic mass is 16.6. The van der Waals surface area contributed by atoms with Crippen LogP contribution in [0.3, 0.4) is 0 Å². The Morgan fingerprint density at radius 3 is 1.18 bits per heavy atom. The first-order valence-electron chi connectivity index (χ1n) is 11.9. The van der Waals surface area contributed by atoms with Gasteiger partial charge >= 0.3 is 7.32 Å². The van der Waals surface area contributed by atoms with Gasteiger partial charge in [-0.05, 0) is 29.5 Å². The van der Waals surface area contributed by atoms with Gasteiger partial charge in [0, 0.05) is 12.0 Å². The number of hydrogen-bond donors (Lipinski definition) is 3. The molecule has 3 aromatic rings. The summed E-state index contributed by atoms with van der Waals surface area (Å²) in [7, 11) is -1.73. The molecular formula is C28H44BNO3. The van der Waals surface area contributed by atoms with E-state index in [1.54, 1.807) is 0 Å². The highest BCUT2D eigenvalue weighted by Gasteiger charge is 2.35. The van der Waals surface area contributed by atoms with Crippen molar-refractivity contribution >= 4 is 7.32 Å². The van der Waals surface area contributed by atoms with Crippen LogP contribution in [0.25, 0.3) is 0 Å². The molecule has 0 heterocycles.